The van der Waals surface area contributed by atoms with Gasteiger partial charge in [-0.25, -0.2) is 9.18 Å². The van der Waals surface area contributed by atoms with Crippen LogP contribution < -0.4 is 10.6 Å². The van der Waals surface area contributed by atoms with Crippen molar-refractivity contribution in [3.8, 4) is 0 Å². The smallest absolute Gasteiger partial charge is 0.314 e. The molecule has 0 saturated carbocycles. The molecule has 0 saturated heterocycles. The van der Waals surface area contributed by atoms with Crippen LogP contribution >= 0.6 is 0 Å². The van der Waals surface area contributed by atoms with Gasteiger partial charge in [-0.2, -0.15) is 0 Å². The SMILES string of the molecule is CN(C)C(CNC(=O)NCC(O)c1ccco1)c1ccc(F)cc1. The average molecular weight is 335 g/mol. The molecular weight excluding hydrogens is 313 g/mol. The Morgan fingerprint density at radius 2 is 1.88 bits per heavy atom. The van der Waals surface area contributed by atoms with Crippen LogP contribution in [0.15, 0.2) is 47.1 Å². The van der Waals surface area contributed by atoms with Crippen molar-refractivity contribution in [2.75, 3.05) is 27.2 Å². The maximum absolute atomic E-state index is 13.0. The summed E-state index contributed by atoms with van der Waals surface area (Å²) in [5, 5.41) is 15.2. The number of carbonyl (C=O) groups is 1. The van der Waals surface area contributed by atoms with E-state index in [-0.39, 0.29) is 18.4 Å². The van der Waals surface area contributed by atoms with Gasteiger partial charge < -0.3 is 25.1 Å². The molecule has 0 aliphatic heterocycles. The number of aliphatic hydroxyl groups is 1. The molecule has 0 spiro atoms. The molecule has 1 aromatic heterocycles. The number of furan rings is 1. The highest BCUT2D eigenvalue weighted by atomic mass is 19.1. The normalized spacial score (nSPS) is 13.5. The molecule has 0 aliphatic rings. The van der Waals surface area contributed by atoms with Crippen LogP contribution in [-0.4, -0.2) is 43.2 Å². The molecule has 2 atom stereocenters. The Bertz CT molecular complexity index is 629. The molecule has 0 aliphatic carbocycles. The second kappa shape index (κ2) is 8.47. The van der Waals surface area contributed by atoms with E-state index in [1.54, 1.807) is 24.3 Å². The molecule has 130 valence electrons. The zero-order valence-corrected chi connectivity index (χ0v) is 13.7. The summed E-state index contributed by atoms with van der Waals surface area (Å²) in [4.78, 5) is 13.8. The van der Waals surface area contributed by atoms with Crippen LogP contribution in [-0.2, 0) is 0 Å². The molecule has 0 bridgehead atoms. The van der Waals surface area contributed by atoms with Crippen LogP contribution in [0.5, 0.6) is 0 Å². The Morgan fingerprint density at radius 3 is 2.46 bits per heavy atom. The lowest BCUT2D eigenvalue weighted by molar-refractivity contribution is 0.147. The molecular formula is C17H22FN3O3. The molecule has 7 heteroatoms. The van der Waals surface area contributed by atoms with Gasteiger partial charge >= 0.3 is 6.03 Å². The Kier molecular flexibility index (Phi) is 6.34. The molecule has 24 heavy (non-hydrogen) atoms. The number of halogens is 1. The van der Waals surface area contributed by atoms with E-state index in [1.165, 1.54) is 18.4 Å². The Morgan fingerprint density at radius 1 is 1.21 bits per heavy atom. The van der Waals surface area contributed by atoms with Crippen LogP contribution in [0, 0.1) is 5.82 Å². The standard InChI is InChI=1S/C17H22FN3O3/c1-21(2)14(12-5-7-13(18)8-6-12)10-19-17(23)20-11-15(22)16-4-3-9-24-16/h3-9,14-15,22H,10-11H2,1-2H3,(H2,19,20,23). The number of aliphatic hydroxyl groups excluding tert-OH is 1. The molecule has 0 fully saturated rings. The van der Waals surface area contributed by atoms with E-state index in [2.05, 4.69) is 10.6 Å². The minimum absolute atomic E-state index is 0.0442. The van der Waals surface area contributed by atoms with Crippen molar-refractivity contribution in [2.45, 2.75) is 12.1 Å². The Balaban J connectivity index is 1.83. The number of hydrogen-bond donors (Lipinski definition) is 3. The summed E-state index contributed by atoms with van der Waals surface area (Å²) in [5.74, 6) is 0.0988. The predicted octanol–water partition coefficient (Wildman–Crippen LogP) is 2.05. The number of urea groups is 1. The molecule has 3 N–H and O–H groups in total. The number of nitrogens with one attached hydrogen (secondary N) is 2. The molecule has 2 unspecified atom stereocenters. The van der Waals surface area contributed by atoms with Crippen molar-refractivity contribution >= 4 is 6.03 Å². The van der Waals surface area contributed by atoms with Crippen molar-refractivity contribution in [1.29, 1.82) is 0 Å². The van der Waals surface area contributed by atoms with E-state index in [9.17, 15) is 14.3 Å². The number of rotatable bonds is 7. The third kappa shape index (κ3) is 5.07. The summed E-state index contributed by atoms with van der Waals surface area (Å²) in [6.07, 6.45) is 0.565. The summed E-state index contributed by atoms with van der Waals surface area (Å²) in [7, 11) is 3.77. The first-order valence-corrected chi connectivity index (χ1v) is 7.62. The van der Waals surface area contributed by atoms with Gasteiger partial charge in [-0.05, 0) is 43.9 Å². The lowest BCUT2D eigenvalue weighted by atomic mass is 10.1. The van der Waals surface area contributed by atoms with Crippen LogP contribution in [0.25, 0.3) is 0 Å². The topological polar surface area (TPSA) is 77.7 Å². The maximum atomic E-state index is 13.0. The number of likely N-dealkylation sites (N-methyl/N-ethyl adjacent to an activating group) is 1. The first-order chi connectivity index (χ1) is 11.5. The lowest BCUT2D eigenvalue weighted by Crippen LogP contribution is -2.41. The van der Waals surface area contributed by atoms with Crippen molar-refractivity contribution in [3.63, 3.8) is 0 Å². The van der Waals surface area contributed by atoms with Crippen molar-refractivity contribution in [1.82, 2.24) is 15.5 Å². The third-order valence-electron chi connectivity index (χ3n) is 3.66. The van der Waals surface area contributed by atoms with Crippen LogP contribution in [0.4, 0.5) is 9.18 Å². The van der Waals surface area contributed by atoms with E-state index in [4.69, 9.17) is 4.42 Å². The van der Waals surface area contributed by atoms with Gasteiger partial charge in [0.15, 0.2) is 0 Å². The lowest BCUT2D eigenvalue weighted by Gasteiger charge is -2.25. The van der Waals surface area contributed by atoms with Gasteiger partial charge in [0.1, 0.15) is 17.7 Å². The van der Waals surface area contributed by atoms with Gasteiger partial charge in [0.2, 0.25) is 0 Å². The quantitative estimate of drug-likeness (QED) is 0.724. The van der Waals surface area contributed by atoms with E-state index in [0.29, 0.717) is 12.3 Å². The van der Waals surface area contributed by atoms with Crippen LogP contribution in [0.2, 0.25) is 0 Å². The molecule has 2 aromatic rings. The van der Waals surface area contributed by atoms with Gasteiger partial charge in [0, 0.05) is 6.54 Å². The minimum atomic E-state index is -0.896. The van der Waals surface area contributed by atoms with Crippen molar-refractivity contribution in [2.24, 2.45) is 0 Å². The Hall–Kier alpha value is -2.38. The number of benzene rings is 1. The van der Waals surface area contributed by atoms with Gasteiger partial charge in [-0.1, -0.05) is 12.1 Å². The summed E-state index contributed by atoms with van der Waals surface area (Å²) < 4.78 is 18.1. The number of hydrogen-bond acceptors (Lipinski definition) is 4. The van der Waals surface area contributed by atoms with Gasteiger partial charge in [0.25, 0.3) is 0 Å². The first kappa shape index (κ1) is 18.0. The van der Waals surface area contributed by atoms with E-state index >= 15 is 0 Å². The summed E-state index contributed by atoms with van der Waals surface area (Å²) in [6.45, 7) is 0.393. The number of nitrogens with zero attached hydrogens (tertiary/aromatic N) is 1. The van der Waals surface area contributed by atoms with Crippen LogP contribution in [0.3, 0.4) is 0 Å². The fourth-order valence-electron chi connectivity index (χ4n) is 2.31. The largest absolute Gasteiger partial charge is 0.467 e. The summed E-state index contributed by atoms with van der Waals surface area (Å²) in [5.41, 5.74) is 0.900. The van der Waals surface area contributed by atoms with Crippen molar-refractivity contribution < 1.29 is 18.7 Å². The average Bonchev–Trinajstić information content (AvgIpc) is 3.08. The van der Waals surface area contributed by atoms with E-state index < -0.39 is 12.1 Å². The van der Waals surface area contributed by atoms with E-state index in [1.807, 2.05) is 19.0 Å². The van der Waals surface area contributed by atoms with Crippen LogP contribution in [0.1, 0.15) is 23.5 Å². The summed E-state index contributed by atoms with van der Waals surface area (Å²) in [6, 6.07) is 9.00. The first-order valence-electron chi connectivity index (χ1n) is 7.62. The Labute approximate surface area is 140 Å². The van der Waals surface area contributed by atoms with Gasteiger partial charge in [-0.15, -0.1) is 0 Å². The van der Waals surface area contributed by atoms with E-state index in [0.717, 1.165) is 5.56 Å². The zero-order valence-electron chi connectivity index (χ0n) is 13.7. The molecule has 0 radical (unpaired) electrons. The van der Waals surface area contributed by atoms with Crippen molar-refractivity contribution in [3.05, 3.63) is 59.8 Å². The second-order valence-electron chi connectivity index (χ2n) is 5.65. The third-order valence-corrected chi connectivity index (χ3v) is 3.66. The molecule has 1 heterocycles. The fourth-order valence-corrected chi connectivity index (χ4v) is 2.31. The summed E-state index contributed by atoms with van der Waals surface area (Å²) >= 11 is 0. The predicted molar refractivity (Wildman–Crippen MR) is 87.9 cm³/mol. The second-order valence-corrected chi connectivity index (χ2v) is 5.65. The number of amides is 2. The highest BCUT2D eigenvalue weighted by molar-refractivity contribution is 5.73. The molecule has 2 rings (SSSR count). The molecule has 6 nitrogen and oxygen atoms in total. The minimum Gasteiger partial charge on any atom is -0.467 e. The maximum Gasteiger partial charge on any atom is 0.314 e. The fraction of sp³-hybridized carbons (Fsp3) is 0.353. The monoisotopic (exact) mass is 335 g/mol. The highest BCUT2D eigenvalue weighted by Gasteiger charge is 2.16. The molecule has 1 aromatic carbocycles. The van der Waals surface area contributed by atoms with Gasteiger partial charge in [-0.3, -0.25) is 0 Å². The van der Waals surface area contributed by atoms with Gasteiger partial charge in [0.05, 0.1) is 18.8 Å². The molecule has 2 amide bonds. The number of carbonyl (C=O) groups excluding carboxylic acids is 1. The zero-order chi connectivity index (χ0) is 17.5. The highest BCUT2D eigenvalue weighted by Crippen LogP contribution is 2.17.